The first-order valence-electron chi connectivity index (χ1n) is 6.19. The molecule has 1 aromatic carbocycles. The van der Waals surface area contributed by atoms with Gasteiger partial charge in [-0.15, -0.1) is 0 Å². The van der Waals surface area contributed by atoms with Crippen LogP contribution >= 0.6 is 0 Å². The fourth-order valence-electron chi connectivity index (χ4n) is 1.85. The Hall–Kier alpha value is -1.85. The lowest BCUT2D eigenvalue weighted by molar-refractivity contribution is 0.318. The standard InChI is InChI=1S/C13H19F2N3O/c1-3-4-5-6-18(2)12-10(14)7-9(8-11(12)15)13(16)17-19/h7-8,19H,3-6H2,1-2H3,(H2,16,17). The molecule has 4 nitrogen and oxygen atoms in total. The van der Waals surface area contributed by atoms with Crippen molar-refractivity contribution < 1.29 is 14.0 Å². The van der Waals surface area contributed by atoms with Crippen LogP contribution in [0.4, 0.5) is 14.5 Å². The van der Waals surface area contributed by atoms with Gasteiger partial charge < -0.3 is 15.8 Å². The number of halogens is 2. The molecule has 0 heterocycles. The van der Waals surface area contributed by atoms with E-state index >= 15 is 0 Å². The molecule has 3 N–H and O–H groups in total. The van der Waals surface area contributed by atoms with Gasteiger partial charge in [0, 0.05) is 19.2 Å². The van der Waals surface area contributed by atoms with Crippen LogP contribution in [0, 0.1) is 11.6 Å². The third kappa shape index (κ3) is 3.81. The van der Waals surface area contributed by atoms with E-state index in [1.54, 1.807) is 7.05 Å². The number of hydrogen-bond donors (Lipinski definition) is 2. The highest BCUT2D eigenvalue weighted by Gasteiger charge is 2.16. The van der Waals surface area contributed by atoms with E-state index in [4.69, 9.17) is 10.9 Å². The Labute approximate surface area is 111 Å². The molecule has 1 aromatic rings. The molecule has 0 bridgehead atoms. The highest BCUT2D eigenvalue weighted by Crippen LogP contribution is 2.24. The fraction of sp³-hybridized carbons (Fsp3) is 0.462. The number of hydrogen-bond acceptors (Lipinski definition) is 3. The van der Waals surface area contributed by atoms with E-state index in [9.17, 15) is 8.78 Å². The molecule has 0 radical (unpaired) electrons. The van der Waals surface area contributed by atoms with Gasteiger partial charge in [0.25, 0.3) is 0 Å². The van der Waals surface area contributed by atoms with E-state index < -0.39 is 11.6 Å². The van der Waals surface area contributed by atoms with E-state index in [2.05, 4.69) is 12.1 Å². The summed E-state index contributed by atoms with van der Waals surface area (Å²) < 4.78 is 27.8. The van der Waals surface area contributed by atoms with Gasteiger partial charge in [-0.1, -0.05) is 24.9 Å². The topological polar surface area (TPSA) is 61.8 Å². The molecule has 0 aliphatic rings. The Morgan fingerprint density at radius 2 is 1.89 bits per heavy atom. The second-order valence-electron chi connectivity index (χ2n) is 4.40. The van der Waals surface area contributed by atoms with Gasteiger partial charge in [0.15, 0.2) is 5.84 Å². The summed E-state index contributed by atoms with van der Waals surface area (Å²) in [4.78, 5) is 1.54. The molecule has 0 fully saturated rings. The highest BCUT2D eigenvalue weighted by atomic mass is 19.1. The van der Waals surface area contributed by atoms with Crippen molar-refractivity contribution in [1.29, 1.82) is 0 Å². The molecule has 0 saturated carbocycles. The van der Waals surface area contributed by atoms with Crippen molar-refractivity contribution >= 4 is 11.5 Å². The van der Waals surface area contributed by atoms with Gasteiger partial charge in [-0.3, -0.25) is 0 Å². The van der Waals surface area contributed by atoms with Crippen LogP contribution in [0.2, 0.25) is 0 Å². The van der Waals surface area contributed by atoms with Crippen LogP contribution in [0.3, 0.4) is 0 Å². The van der Waals surface area contributed by atoms with Crippen molar-refractivity contribution in [2.45, 2.75) is 26.2 Å². The van der Waals surface area contributed by atoms with Crippen LogP contribution in [-0.4, -0.2) is 24.6 Å². The molecule has 19 heavy (non-hydrogen) atoms. The number of nitrogens with zero attached hydrogens (tertiary/aromatic N) is 2. The summed E-state index contributed by atoms with van der Waals surface area (Å²) in [5.74, 6) is -1.76. The maximum atomic E-state index is 13.9. The second-order valence-corrected chi connectivity index (χ2v) is 4.40. The summed E-state index contributed by atoms with van der Waals surface area (Å²) in [6.45, 7) is 2.64. The normalized spacial score (nSPS) is 11.7. The smallest absolute Gasteiger partial charge is 0.170 e. The largest absolute Gasteiger partial charge is 0.409 e. The third-order valence-electron chi connectivity index (χ3n) is 2.90. The monoisotopic (exact) mass is 271 g/mol. The molecule has 0 aliphatic carbocycles. The third-order valence-corrected chi connectivity index (χ3v) is 2.90. The molecule has 0 unspecified atom stereocenters. The molecular weight excluding hydrogens is 252 g/mol. The van der Waals surface area contributed by atoms with Gasteiger partial charge in [0.1, 0.15) is 17.3 Å². The molecule has 0 saturated heterocycles. The first-order chi connectivity index (χ1) is 9.01. The summed E-state index contributed by atoms with van der Waals surface area (Å²) >= 11 is 0. The van der Waals surface area contributed by atoms with Crippen molar-refractivity contribution in [3.05, 3.63) is 29.3 Å². The van der Waals surface area contributed by atoms with Crippen molar-refractivity contribution in [2.75, 3.05) is 18.5 Å². The molecule has 0 amide bonds. The average molecular weight is 271 g/mol. The van der Waals surface area contributed by atoms with E-state index in [1.807, 2.05) is 0 Å². The lowest BCUT2D eigenvalue weighted by atomic mass is 10.1. The van der Waals surface area contributed by atoms with Crippen LogP contribution in [0.15, 0.2) is 17.3 Å². The van der Waals surface area contributed by atoms with Crippen molar-refractivity contribution in [2.24, 2.45) is 10.9 Å². The summed E-state index contributed by atoms with van der Waals surface area (Å²) in [7, 11) is 1.64. The molecule has 0 spiro atoms. The zero-order valence-corrected chi connectivity index (χ0v) is 11.2. The maximum Gasteiger partial charge on any atom is 0.170 e. The number of nitrogens with two attached hydrogens (primary N) is 1. The van der Waals surface area contributed by atoms with Gasteiger partial charge in [0.05, 0.1) is 0 Å². The Bertz CT molecular complexity index is 440. The van der Waals surface area contributed by atoms with Crippen molar-refractivity contribution in [1.82, 2.24) is 0 Å². The van der Waals surface area contributed by atoms with E-state index in [0.717, 1.165) is 31.4 Å². The number of rotatable bonds is 6. The van der Waals surface area contributed by atoms with Gasteiger partial charge in [-0.2, -0.15) is 0 Å². The lowest BCUT2D eigenvalue weighted by Gasteiger charge is -2.21. The van der Waals surface area contributed by atoms with E-state index in [-0.39, 0.29) is 17.1 Å². The first-order valence-corrected chi connectivity index (χ1v) is 6.19. The minimum Gasteiger partial charge on any atom is -0.409 e. The summed E-state index contributed by atoms with van der Waals surface area (Å²) in [6.07, 6.45) is 2.92. The molecule has 0 aromatic heterocycles. The molecule has 0 aliphatic heterocycles. The molecule has 6 heteroatoms. The van der Waals surface area contributed by atoms with Crippen LogP contribution in [0.1, 0.15) is 31.7 Å². The summed E-state index contributed by atoms with van der Waals surface area (Å²) in [5, 5.41) is 11.2. The van der Waals surface area contributed by atoms with Gasteiger partial charge in [-0.25, -0.2) is 8.78 Å². The predicted octanol–water partition coefficient (Wildman–Crippen LogP) is 2.69. The Morgan fingerprint density at radius 1 is 1.32 bits per heavy atom. The minimum atomic E-state index is -0.722. The van der Waals surface area contributed by atoms with Crippen LogP contribution < -0.4 is 10.6 Å². The minimum absolute atomic E-state index is 0.0169. The van der Waals surface area contributed by atoms with Gasteiger partial charge >= 0.3 is 0 Å². The number of oxime groups is 1. The zero-order chi connectivity index (χ0) is 14.4. The van der Waals surface area contributed by atoms with Crippen LogP contribution in [-0.2, 0) is 0 Å². The Balaban J connectivity index is 2.96. The maximum absolute atomic E-state index is 13.9. The number of unbranched alkanes of at least 4 members (excludes halogenated alkanes) is 2. The van der Waals surface area contributed by atoms with Crippen LogP contribution in [0.25, 0.3) is 0 Å². The summed E-state index contributed by atoms with van der Waals surface area (Å²) in [5.41, 5.74) is 5.23. The number of amidine groups is 1. The van der Waals surface area contributed by atoms with Crippen LogP contribution in [0.5, 0.6) is 0 Å². The fourth-order valence-corrected chi connectivity index (χ4v) is 1.85. The molecule has 106 valence electrons. The van der Waals surface area contributed by atoms with Gasteiger partial charge in [-0.05, 0) is 18.6 Å². The quantitative estimate of drug-likeness (QED) is 0.275. The SMILES string of the molecule is CCCCCN(C)c1c(F)cc(C(N)=NO)cc1F. The van der Waals surface area contributed by atoms with E-state index in [0.29, 0.717) is 6.54 Å². The number of benzene rings is 1. The zero-order valence-electron chi connectivity index (χ0n) is 11.2. The van der Waals surface area contributed by atoms with Crippen molar-refractivity contribution in [3.8, 4) is 0 Å². The second kappa shape index (κ2) is 6.92. The molecule has 1 rings (SSSR count). The first kappa shape index (κ1) is 15.2. The summed E-state index contributed by atoms with van der Waals surface area (Å²) in [6, 6.07) is 2.12. The van der Waals surface area contributed by atoms with E-state index in [1.165, 1.54) is 4.90 Å². The predicted molar refractivity (Wildman–Crippen MR) is 71.7 cm³/mol. The Kier molecular flexibility index (Phi) is 5.54. The van der Waals surface area contributed by atoms with Crippen molar-refractivity contribution in [3.63, 3.8) is 0 Å². The Morgan fingerprint density at radius 3 is 2.37 bits per heavy atom. The average Bonchev–Trinajstić information content (AvgIpc) is 2.37. The number of anilines is 1. The highest BCUT2D eigenvalue weighted by molar-refractivity contribution is 5.97. The molecule has 0 atom stereocenters. The van der Waals surface area contributed by atoms with Gasteiger partial charge in [0.2, 0.25) is 0 Å². The molecular formula is C13H19F2N3O. The lowest BCUT2D eigenvalue weighted by Crippen LogP contribution is -2.22.